The summed E-state index contributed by atoms with van der Waals surface area (Å²) in [7, 11) is 3.57. The summed E-state index contributed by atoms with van der Waals surface area (Å²) in [4.78, 5) is 0. The lowest BCUT2D eigenvalue weighted by molar-refractivity contribution is 0.416. The van der Waals surface area contributed by atoms with Crippen LogP contribution < -0.4 is 10.1 Å². The summed E-state index contributed by atoms with van der Waals surface area (Å²) in [6.45, 7) is 4.09. The number of benzene rings is 1. The Hall–Kier alpha value is -2.89. The van der Waals surface area contributed by atoms with E-state index in [0.29, 0.717) is 0 Å². The van der Waals surface area contributed by atoms with Crippen LogP contribution in [0.15, 0.2) is 42.6 Å². The molecule has 0 amide bonds. The van der Waals surface area contributed by atoms with Gasteiger partial charge in [0.05, 0.1) is 24.5 Å². The first-order valence-electron chi connectivity index (χ1n) is 7.82. The zero-order valence-electron chi connectivity index (χ0n) is 14.3. The summed E-state index contributed by atoms with van der Waals surface area (Å²) in [5.74, 6) is 1.51. The first-order valence-corrected chi connectivity index (χ1v) is 7.82. The van der Waals surface area contributed by atoms with E-state index in [4.69, 9.17) is 4.74 Å². The summed E-state index contributed by atoms with van der Waals surface area (Å²) in [6, 6.07) is 11.7. The molecular weight excluding hydrogens is 302 g/mol. The van der Waals surface area contributed by atoms with Crippen LogP contribution in [-0.2, 0) is 7.05 Å². The van der Waals surface area contributed by atoms with E-state index in [1.165, 1.54) is 0 Å². The van der Waals surface area contributed by atoms with Gasteiger partial charge >= 0.3 is 0 Å². The number of methoxy groups -OCH3 is 1. The van der Waals surface area contributed by atoms with Crippen molar-refractivity contribution in [3.63, 3.8) is 0 Å². The maximum absolute atomic E-state index is 5.38. The molecule has 0 fully saturated rings. The Labute approximate surface area is 141 Å². The molecule has 0 bridgehead atoms. The molecule has 24 heavy (non-hydrogen) atoms. The van der Waals surface area contributed by atoms with Gasteiger partial charge in [-0.15, -0.1) is 10.2 Å². The van der Waals surface area contributed by atoms with Gasteiger partial charge in [0.1, 0.15) is 11.6 Å². The van der Waals surface area contributed by atoms with Crippen molar-refractivity contribution < 1.29 is 4.74 Å². The van der Waals surface area contributed by atoms with Crippen molar-refractivity contribution in [2.24, 2.45) is 7.05 Å². The molecule has 3 rings (SSSR count). The largest absolute Gasteiger partial charge is 0.496 e. The minimum atomic E-state index is 0.102. The lowest BCUT2D eigenvalue weighted by Crippen LogP contribution is -2.09. The Balaban J connectivity index is 1.78. The standard InChI is InChI=1S/C18H21N5O/c1-12(15-11-23(3)22-13(15)2)19-18-10-9-16(20-21-18)14-7-5-6-8-17(14)24-4/h5-12H,1-4H3,(H,19,21)/t12-/m0/s1. The van der Waals surface area contributed by atoms with Crippen molar-refractivity contribution in [1.82, 2.24) is 20.0 Å². The van der Waals surface area contributed by atoms with Crippen molar-refractivity contribution in [2.75, 3.05) is 12.4 Å². The number of anilines is 1. The highest BCUT2D eigenvalue weighted by molar-refractivity contribution is 5.67. The van der Waals surface area contributed by atoms with E-state index in [0.717, 1.165) is 34.1 Å². The molecule has 0 unspecified atom stereocenters. The Kier molecular flexibility index (Phi) is 4.46. The lowest BCUT2D eigenvalue weighted by atomic mass is 10.1. The zero-order chi connectivity index (χ0) is 17.1. The van der Waals surface area contributed by atoms with Gasteiger partial charge in [-0.3, -0.25) is 4.68 Å². The fourth-order valence-corrected chi connectivity index (χ4v) is 2.75. The van der Waals surface area contributed by atoms with E-state index >= 15 is 0 Å². The van der Waals surface area contributed by atoms with Crippen LogP contribution in [0.4, 0.5) is 5.82 Å². The van der Waals surface area contributed by atoms with E-state index in [1.807, 2.05) is 61.2 Å². The molecule has 1 N–H and O–H groups in total. The first-order chi connectivity index (χ1) is 11.6. The number of hydrogen-bond donors (Lipinski definition) is 1. The maximum atomic E-state index is 5.38. The lowest BCUT2D eigenvalue weighted by Gasteiger charge is -2.14. The molecule has 0 aliphatic rings. The minimum Gasteiger partial charge on any atom is -0.496 e. The van der Waals surface area contributed by atoms with Crippen molar-refractivity contribution in [2.45, 2.75) is 19.9 Å². The second-order valence-electron chi connectivity index (χ2n) is 5.71. The van der Waals surface area contributed by atoms with Gasteiger partial charge in [-0.25, -0.2) is 0 Å². The molecule has 0 saturated carbocycles. The third-order valence-corrected chi connectivity index (χ3v) is 3.93. The number of aryl methyl sites for hydroxylation is 2. The summed E-state index contributed by atoms with van der Waals surface area (Å²) >= 11 is 0. The predicted molar refractivity (Wildman–Crippen MR) is 94.0 cm³/mol. The molecule has 1 atom stereocenters. The average molecular weight is 323 g/mol. The molecule has 6 nitrogen and oxygen atoms in total. The summed E-state index contributed by atoms with van der Waals surface area (Å²) in [5.41, 5.74) is 3.86. The molecule has 2 heterocycles. The van der Waals surface area contributed by atoms with E-state index in [2.05, 4.69) is 27.5 Å². The van der Waals surface area contributed by atoms with Gasteiger partial charge in [-0.05, 0) is 38.1 Å². The van der Waals surface area contributed by atoms with Crippen molar-refractivity contribution in [3.05, 3.63) is 53.9 Å². The number of hydrogen-bond acceptors (Lipinski definition) is 5. The molecule has 124 valence electrons. The van der Waals surface area contributed by atoms with Crippen LogP contribution in [0.25, 0.3) is 11.3 Å². The molecule has 0 aliphatic carbocycles. The smallest absolute Gasteiger partial charge is 0.149 e. The van der Waals surface area contributed by atoms with Gasteiger partial charge in [0.2, 0.25) is 0 Å². The topological polar surface area (TPSA) is 64.9 Å². The Morgan fingerprint density at radius 1 is 1.12 bits per heavy atom. The minimum absolute atomic E-state index is 0.102. The van der Waals surface area contributed by atoms with E-state index in [9.17, 15) is 0 Å². The van der Waals surface area contributed by atoms with Crippen molar-refractivity contribution in [1.29, 1.82) is 0 Å². The third-order valence-electron chi connectivity index (χ3n) is 3.93. The van der Waals surface area contributed by atoms with Gasteiger partial charge < -0.3 is 10.1 Å². The normalized spacial score (nSPS) is 12.0. The highest BCUT2D eigenvalue weighted by atomic mass is 16.5. The zero-order valence-corrected chi connectivity index (χ0v) is 14.3. The first kappa shape index (κ1) is 16.0. The summed E-state index contributed by atoms with van der Waals surface area (Å²) in [6.07, 6.45) is 2.02. The Morgan fingerprint density at radius 3 is 2.54 bits per heavy atom. The maximum Gasteiger partial charge on any atom is 0.149 e. The molecule has 1 aromatic carbocycles. The monoisotopic (exact) mass is 323 g/mol. The van der Waals surface area contributed by atoms with Crippen LogP contribution in [0.2, 0.25) is 0 Å². The second-order valence-corrected chi connectivity index (χ2v) is 5.71. The molecule has 3 aromatic rings. The molecular formula is C18H21N5O. The number of aromatic nitrogens is 4. The van der Waals surface area contributed by atoms with Gasteiger partial charge in [0.15, 0.2) is 0 Å². The van der Waals surface area contributed by atoms with E-state index < -0.39 is 0 Å². The Bertz CT molecular complexity index is 826. The summed E-state index contributed by atoms with van der Waals surface area (Å²) in [5, 5.41) is 16.3. The molecule has 0 aliphatic heterocycles. The van der Waals surface area contributed by atoms with Crippen LogP contribution in [0.3, 0.4) is 0 Å². The van der Waals surface area contributed by atoms with Crippen LogP contribution in [0.5, 0.6) is 5.75 Å². The molecule has 0 radical (unpaired) electrons. The fourth-order valence-electron chi connectivity index (χ4n) is 2.75. The Morgan fingerprint density at radius 2 is 1.92 bits per heavy atom. The number of ether oxygens (including phenoxy) is 1. The second kappa shape index (κ2) is 6.70. The van der Waals surface area contributed by atoms with Crippen LogP contribution in [-0.4, -0.2) is 27.1 Å². The fraction of sp³-hybridized carbons (Fsp3) is 0.278. The van der Waals surface area contributed by atoms with Crippen molar-refractivity contribution in [3.8, 4) is 17.0 Å². The van der Waals surface area contributed by atoms with E-state index in [-0.39, 0.29) is 6.04 Å². The number of nitrogens with zero attached hydrogens (tertiary/aromatic N) is 4. The van der Waals surface area contributed by atoms with Gasteiger partial charge in [0, 0.05) is 24.4 Å². The van der Waals surface area contributed by atoms with Gasteiger partial charge in [-0.2, -0.15) is 5.10 Å². The number of rotatable bonds is 5. The third kappa shape index (κ3) is 3.22. The quantitative estimate of drug-likeness (QED) is 0.780. The van der Waals surface area contributed by atoms with Crippen LogP contribution >= 0.6 is 0 Å². The highest BCUT2D eigenvalue weighted by Crippen LogP contribution is 2.28. The van der Waals surface area contributed by atoms with Crippen LogP contribution in [0.1, 0.15) is 24.2 Å². The average Bonchev–Trinajstić information content (AvgIpc) is 2.94. The number of para-hydroxylation sites is 1. The van der Waals surface area contributed by atoms with Gasteiger partial charge in [0.25, 0.3) is 0 Å². The highest BCUT2D eigenvalue weighted by Gasteiger charge is 2.13. The SMILES string of the molecule is COc1ccccc1-c1ccc(N[C@@H](C)c2cn(C)nc2C)nn1. The van der Waals surface area contributed by atoms with Gasteiger partial charge in [-0.1, -0.05) is 12.1 Å². The van der Waals surface area contributed by atoms with E-state index in [1.54, 1.807) is 7.11 Å². The number of nitrogens with one attached hydrogen (secondary N) is 1. The molecule has 2 aromatic heterocycles. The molecule has 0 spiro atoms. The van der Waals surface area contributed by atoms with Crippen LogP contribution in [0, 0.1) is 6.92 Å². The molecule has 0 saturated heterocycles. The van der Waals surface area contributed by atoms with Crippen molar-refractivity contribution >= 4 is 5.82 Å². The predicted octanol–water partition coefficient (Wildman–Crippen LogP) is 3.37. The molecule has 6 heteroatoms. The summed E-state index contributed by atoms with van der Waals surface area (Å²) < 4.78 is 7.19.